The third-order valence-electron chi connectivity index (χ3n) is 3.48. The van der Waals surface area contributed by atoms with Gasteiger partial charge in [-0.15, -0.1) is 0 Å². The summed E-state index contributed by atoms with van der Waals surface area (Å²) in [5.74, 6) is 0. The molecule has 2 heterocycles. The molecule has 0 bridgehead atoms. The number of morpholine rings is 1. The van der Waals surface area contributed by atoms with Crippen LogP contribution < -0.4 is 5.32 Å². The second kappa shape index (κ2) is 6.78. The summed E-state index contributed by atoms with van der Waals surface area (Å²) < 4.78 is 5.77. The predicted molar refractivity (Wildman–Crippen MR) is 78.4 cm³/mol. The highest BCUT2D eigenvalue weighted by Gasteiger charge is 2.22. The van der Waals surface area contributed by atoms with Crippen LogP contribution in [0.15, 0.2) is 4.99 Å². The number of nitrogens with zero attached hydrogens (tertiary/aromatic N) is 2. The van der Waals surface area contributed by atoms with E-state index in [-0.39, 0.29) is 6.10 Å². The minimum Gasteiger partial charge on any atom is -0.374 e. The number of likely N-dealkylation sites (N-methyl/N-ethyl adjacent to an activating group) is 1. The molecule has 2 rings (SSSR count). The molecular formula is C13H25N3OS. The van der Waals surface area contributed by atoms with Crippen molar-refractivity contribution in [2.24, 2.45) is 4.99 Å². The third kappa shape index (κ3) is 4.14. The fourth-order valence-electron chi connectivity index (χ4n) is 2.49. The van der Waals surface area contributed by atoms with E-state index in [0.29, 0.717) is 11.3 Å². The standard InChI is InChI=1S/C13H25N3OS/c1-4-16-5-6-17-12(9-16)8-14-13-15-10(2)7-11(3)18-13/h10-12H,4-9H2,1-3H3,(H,14,15). The topological polar surface area (TPSA) is 36.9 Å². The van der Waals surface area contributed by atoms with Crippen LogP contribution in [0.1, 0.15) is 27.2 Å². The Kier molecular flexibility index (Phi) is 5.33. The Morgan fingerprint density at radius 1 is 1.50 bits per heavy atom. The molecule has 0 radical (unpaired) electrons. The van der Waals surface area contributed by atoms with E-state index in [0.717, 1.165) is 38.0 Å². The molecule has 2 saturated heterocycles. The third-order valence-corrected chi connectivity index (χ3v) is 4.54. The van der Waals surface area contributed by atoms with Crippen molar-refractivity contribution in [3.8, 4) is 0 Å². The zero-order valence-corrected chi connectivity index (χ0v) is 12.5. The van der Waals surface area contributed by atoms with Gasteiger partial charge in [-0.1, -0.05) is 25.6 Å². The van der Waals surface area contributed by atoms with Gasteiger partial charge in [-0.2, -0.15) is 0 Å². The molecule has 3 atom stereocenters. The second-order valence-corrected chi connectivity index (χ2v) is 6.67. The van der Waals surface area contributed by atoms with Crippen molar-refractivity contribution in [1.29, 1.82) is 0 Å². The van der Waals surface area contributed by atoms with Gasteiger partial charge in [-0.05, 0) is 19.9 Å². The van der Waals surface area contributed by atoms with Gasteiger partial charge in [0, 0.05) is 24.4 Å². The highest BCUT2D eigenvalue weighted by atomic mass is 32.2. The Morgan fingerprint density at radius 3 is 3.06 bits per heavy atom. The molecule has 0 aliphatic carbocycles. The molecule has 2 aliphatic heterocycles. The predicted octanol–water partition coefficient (Wildman–Crippen LogP) is 1.57. The lowest BCUT2D eigenvalue weighted by atomic mass is 10.2. The molecule has 5 heteroatoms. The first-order valence-corrected chi connectivity index (χ1v) is 7.87. The van der Waals surface area contributed by atoms with Crippen molar-refractivity contribution in [1.82, 2.24) is 10.2 Å². The van der Waals surface area contributed by atoms with Crippen molar-refractivity contribution < 1.29 is 4.74 Å². The first-order chi connectivity index (χ1) is 8.67. The molecule has 0 aromatic carbocycles. The summed E-state index contributed by atoms with van der Waals surface area (Å²) in [6, 6.07) is 0.541. The van der Waals surface area contributed by atoms with E-state index in [2.05, 4.69) is 31.0 Å². The number of amidine groups is 1. The van der Waals surface area contributed by atoms with E-state index in [1.165, 1.54) is 6.42 Å². The molecule has 1 N–H and O–H groups in total. The second-order valence-electron chi connectivity index (χ2n) is 5.24. The van der Waals surface area contributed by atoms with Crippen molar-refractivity contribution in [2.75, 3.05) is 32.8 Å². The number of thioether (sulfide) groups is 1. The molecule has 2 aliphatic rings. The Hall–Kier alpha value is -0.260. The van der Waals surface area contributed by atoms with E-state index in [4.69, 9.17) is 9.73 Å². The largest absolute Gasteiger partial charge is 0.374 e. The lowest BCUT2D eigenvalue weighted by Gasteiger charge is -2.32. The minimum absolute atomic E-state index is 0.265. The van der Waals surface area contributed by atoms with Crippen LogP contribution in [0.3, 0.4) is 0 Å². The molecule has 0 saturated carbocycles. The van der Waals surface area contributed by atoms with Gasteiger partial charge in [-0.25, -0.2) is 0 Å². The van der Waals surface area contributed by atoms with Crippen molar-refractivity contribution in [2.45, 2.75) is 44.6 Å². The maximum Gasteiger partial charge on any atom is 0.157 e. The average Bonchev–Trinajstić information content (AvgIpc) is 2.35. The molecule has 4 nitrogen and oxygen atoms in total. The van der Waals surface area contributed by atoms with Gasteiger partial charge >= 0.3 is 0 Å². The number of nitrogens with one attached hydrogen (secondary N) is 1. The molecule has 2 fully saturated rings. The van der Waals surface area contributed by atoms with E-state index in [9.17, 15) is 0 Å². The first kappa shape index (κ1) is 14.2. The highest BCUT2D eigenvalue weighted by molar-refractivity contribution is 8.14. The number of hydrogen-bond acceptors (Lipinski definition) is 4. The Balaban J connectivity index is 1.82. The van der Waals surface area contributed by atoms with Gasteiger partial charge in [0.25, 0.3) is 0 Å². The Bertz CT molecular complexity index is 286. The summed E-state index contributed by atoms with van der Waals surface area (Å²) >= 11 is 1.85. The van der Waals surface area contributed by atoms with Crippen LogP contribution in [-0.2, 0) is 4.74 Å². The van der Waals surface area contributed by atoms with Crippen molar-refractivity contribution >= 4 is 16.9 Å². The van der Waals surface area contributed by atoms with Gasteiger partial charge in [0.15, 0.2) is 5.17 Å². The summed E-state index contributed by atoms with van der Waals surface area (Å²) in [6.45, 7) is 11.5. The van der Waals surface area contributed by atoms with Crippen molar-refractivity contribution in [3.05, 3.63) is 0 Å². The van der Waals surface area contributed by atoms with Gasteiger partial charge < -0.3 is 10.1 Å². The molecule has 0 aromatic rings. The molecule has 0 amide bonds. The molecule has 18 heavy (non-hydrogen) atoms. The van der Waals surface area contributed by atoms with Crippen LogP contribution in [0.5, 0.6) is 0 Å². The lowest BCUT2D eigenvalue weighted by molar-refractivity contribution is -0.0209. The fraction of sp³-hybridized carbons (Fsp3) is 0.923. The van der Waals surface area contributed by atoms with Crippen LogP contribution in [0, 0.1) is 0 Å². The molecule has 3 unspecified atom stereocenters. The van der Waals surface area contributed by atoms with Crippen LogP contribution >= 0.6 is 11.8 Å². The maximum absolute atomic E-state index is 5.77. The zero-order chi connectivity index (χ0) is 13.0. The van der Waals surface area contributed by atoms with Gasteiger partial charge in [0.2, 0.25) is 0 Å². The SMILES string of the molecule is CCN1CCOC(CN=C2NC(C)CC(C)S2)C1. The summed E-state index contributed by atoms with van der Waals surface area (Å²) in [7, 11) is 0. The summed E-state index contributed by atoms with van der Waals surface area (Å²) in [5.41, 5.74) is 0. The average molecular weight is 271 g/mol. The Labute approximate surface area is 115 Å². The van der Waals surface area contributed by atoms with E-state index < -0.39 is 0 Å². The first-order valence-electron chi connectivity index (χ1n) is 6.99. The van der Waals surface area contributed by atoms with Crippen LogP contribution in [0.2, 0.25) is 0 Å². The van der Waals surface area contributed by atoms with E-state index >= 15 is 0 Å². The minimum atomic E-state index is 0.265. The van der Waals surface area contributed by atoms with E-state index in [1.807, 2.05) is 11.8 Å². The van der Waals surface area contributed by atoms with Crippen LogP contribution in [-0.4, -0.2) is 60.2 Å². The summed E-state index contributed by atoms with van der Waals surface area (Å²) in [4.78, 5) is 7.12. The lowest BCUT2D eigenvalue weighted by Crippen LogP contribution is -2.44. The van der Waals surface area contributed by atoms with Gasteiger partial charge in [0.1, 0.15) is 0 Å². The maximum atomic E-state index is 5.77. The Morgan fingerprint density at radius 2 is 2.33 bits per heavy atom. The van der Waals surface area contributed by atoms with Crippen LogP contribution in [0.25, 0.3) is 0 Å². The number of hydrogen-bond donors (Lipinski definition) is 1. The van der Waals surface area contributed by atoms with Crippen LogP contribution in [0.4, 0.5) is 0 Å². The summed E-state index contributed by atoms with van der Waals surface area (Å²) in [6.07, 6.45) is 1.48. The molecule has 0 aromatic heterocycles. The monoisotopic (exact) mass is 271 g/mol. The molecular weight excluding hydrogens is 246 g/mol. The molecule has 0 spiro atoms. The quantitative estimate of drug-likeness (QED) is 0.845. The fourth-order valence-corrected chi connectivity index (χ4v) is 3.67. The van der Waals surface area contributed by atoms with E-state index in [1.54, 1.807) is 0 Å². The summed E-state index contributed by atoms with van der Waals surface area (Å²) in [5, 5.41) is 5.22. The normalized spacial score (nSPS) is 36.6. The number of rotatable bonds is 3. The van der Waals surface area contributed by atoms with Crippen molar-refractivity contribution in [3.63, 3.8) is 0 Å². The van der Waals surface area contributed by atoms with Gasteiger partial charge in [-0.3, -0.25) is 9.89 Å². The smallest absolute Gasteiger partial charge is 0.157 e. The van der Waals surface area contributed by atoms with Gasteiger partial charge in [0.05, 0.1) is 19.3 Å². The number of ether oxygens (including phenoxy) is 1. The zero-order valence-electron chi connectivity index (χ0n) is 11.7. The highest BCUT2D eigenvalue weighted by Crippen LogP contribution is 2.22. The number of aliphatic imine (C=N–C) groups is 1. The molecule has 104 valence electrons.